The lowest BCUT2D eigenvalue weighted by Gasteiger charge is -2.16. The van der Waals surface area contributed by atoms with Crippen LogP contribution in [-0.2, 0) is 6.18 Å². The van der Waals surface area contributed by atoms with Crippen molar-refractivity contribution in [1.29, 1.82) is 0 Å². The van der Waals surface area contributed by atoms with E-state index in [2.05, 4.69) is 15.7 Å². The first kappa shape index (κ1) is 16.6. The number of hydrogen-bond acceptors (Lipinski definition) is 2. The Labute approximate surface area is 120 Å². The van der Waals surface area contributed by atoms with Crippen molar-refractivity contribution in [2.24, 2.45) is 16.8 Å². The molecule has 0 fully saturated rings. The highest BCUT2D eigenvalue weighted by Crippen LogP contribution is 2.36. The van der Waals surface area contributed by atoms with Gasteiger partial charge in [-0.25, -0.2) is 5.84 Å². The number of hydrazine groups is 1. The lowest BCUT2D eigenvalue weighted by atomic mass is 10.1. The Kier molecular flexibility index (Phi) is 5.64. The van der Waals surface area contributed by atoms with Gasteiger partial charge >= 0.3 is 6.18 Å². The van der Waals surface area contributed by atoms with Crippen LogP contribution in [-0.4, -0.2) is 12.5 Å². The summed E-state index contributed by atoms with van der Waals surface area (Å²) in [7, 11) is 0. The highest BCUT2D eigenvalue weighted by atomic mass is 35.5. The monoisotopic (exact) mass is 308 g/mol. The van der Waals surface area contributed by atoms with Crippen molar-refractivity contribution in [3.63, 3.8) is 0 Å². The fraction of sp³-hybridized carbons (Fsp3) is 0.417. The molecule has 0 aliphatic rings. The van der Waals surface area contributed by atoms with E-state index in [1.807, 2.05) is 13.8 Å². The number of nitrogens with two attached hydrogens (primary N) is 1. The van der Waals surface area contributed by atoms with Gasteiger partial charge in [0.1, 0.15) is 0 Å². The molecule has 1 rings (SSSR count). The van der Waals surface area contributed by atoms with Crippen LogP contribution in [0, 0.1) is 5.92 Å². The van der Waals surface area contributed by atoms with E-state index in [0.29, 0.717) is 6.54 Å². The minimum Gasteiger partial charge on any atom is -0.325 e. The second kappa shape index (κ2) is 6.81. The highest BCUT2D eigenvalue weighted by molar-refractivity contribution is 6.30. The molecule has 0 unspecified atom stereocenters. The molecule has 112 valence electrons. The number of aliphatic imine (C=N–C) groups is 1. The predicted octanol–water partition coefficient (Wildman–Crippen LogP) is 3.25. The van der Waals surface area contributed by atoms with Crippen molar-refractivity contribution in [2.45, 2.75) is 20.0 Å². The topological polar surface area (TPSA) is 62.4 Å². The first-order valence-electron chi connectivity index (χ1n) is 5.89. The summed E-state index contributed by atoms with van der Waals surface area (Å²) in [6.07, 6.45) is -4.52. The summed E-state index contributed by atoms with van der Waals surface area (Å²) in [5, 5.41) is 2.53. The third kappa shape index (κ3) is 4.90. The lowest BCUT2D eigenvalue weighted by molar-refractivity contribution is -0.136. The molecular formula is C12H16ClF3N4. The Bertz CT molecular complexity index is 486. The van der Waals surface area contributed by atoms with Crippen LogP contribution in [0.25, 0.3) is 0 Å². The molecule has 1 aromatic carbocycles. The van der Waals surface area contributed by atoms with Gasteiger partial charge in [0.25, 0.3) is 0 Å². The molecule has 20 heavy (non-hydrogen) atoms. The van der Waals surface area contributed by atoms with Gasteiger partial charge in [-0.2, -0.15) is 13.2 Å². The van der Waals surface area contributed by atoms with Crippen molar-refractivity contribution < 1.29 is 13.2 Å². The number of nitrogens with one attached hydrogen (secondary N) is 2. The van der Waals surface area contributed by atoms with Crippen LogP contribution >= 0.6 is 11.6 Å². The maximum Gasteiger partial charge on any atom is 0.418 e. The van der Waals surface area contributed by atoms with Gasteiger partial charge in [-0.3, -0.25) is 10.4 Å². The summed E-state index contributed by atoms with van der Waals surface area (Å²) in [5.74, 6) is 5.56. The summed E-state index contributed by atoms with van der Waals surface area (Å²) < 4.78 is 38.7. The van der Waals surface area contributed by atoms with Gasteiger partial charge in [0.2, 0.25) is 5.96 Å². The van der Waals surface area contributed by atoms with E-state index in [1.165, 1.54) is 12.1 Å². The molecule has 0 radical (unpaired) electrons. The third-order valence-corrected chi connectivity index (χ3v) is 2.53. The summed E-state index contributed by atoms with van der Waals surface area (Å²) >= 11 is 5.60. The van der Waals surface area contributed by atoms with Gasteiger partial charge < -0.3 is 5.32 Å². The van der Waals surface area contributed by atoms with Gasteiger partial charge in [-0.1, -0.05) is 25.4 Å². The van der Waals surface area contributed by atoms with Crippen LogP contribution in [0.15, 0.2) is 23.2 Å². The molecule has 0 atom stereocenters. The van der Waals surface area contributed by atoms with Gasteiger partial charge in [0.15, 0.2) is 0 Å². The Morgan fingerprint density at radius 3 is 2.55 bits per heavy atom. The smallest absolute Gasteiger partial charge is 0.325 e. The Hall–Kier alpha value is -1.47. The number of halogens is 4. The number of benzene rings is 1. The van der Waals surface area contributed by atoms with Crippen molar-refractivity contribution in [3.8, 4) is 0 Å². The zero-order valence-corrected chi connectivity index (χ0v) is 11.8. The van der Waals surface area contributed by atoms with Crippen LogP contribution in [0.2, 0.25) is 5.02 Å². The average molecular weight is 309 g/mol. The van der Waals surface area contributed by atoms with Gasteiger partial charge in [0, 0.05) is 11.6 Å². The summed E-state index contributed by atoms with van der Waals surface area (Å²) in [6.45, 7) is 4.30. The second-order valence-corrected chi connectivity index (χ2v) is 4.98. The summed E-state index contributed by atoms with van der Waals surface area (Å²) in [6, 6.07) is 3.43. The van der Waals surface area contributed by atoms with E-state index in [-0.39, 0.29) is 22.6 Å². The van der Waals surface area contributed by atoms with Crippen molar-refractivity contribution in [2.75, 3.05) is 11.9 Å². The minimum atomic E-state index is -4.52. The van der Waals surface area contributed by atoms with Crippen LogP contribution in [0.5, 0.6) is 0 Å². The van der Waals surface area contributed by atoms with Crippen molar-refractivity contribution >= 4 is 23.2 Å². The van der Waals surface area contributed by atoms with Gasteiger partial charge in [0.05, 0.1) is 11.3 Å². The SMILES string of the molecule is CC(C)CN=C(NN)Nc1ccc(Cl)cc1C(F)(F)F. The van der Waals surface area contributed by atoms with E-state index < -0.39 is 11.7 Å². The molecular weight excluding hydrogens is 293 g/mol. The highest BCUT2D eigenvalue weighted by Gasteiger charge is 2.34. The van der Waals surface area contributed by atoms with Gasteiger partial charge in [-0.05, 0) is 24.1 Å². The largest absolute Gasteiger partial charge is 0.418 e. The number of rotatable bonds is 3. The number of anilines is 1. The molecule has 0 aromatic heterocycles. The fourth-order valence-corrected chi connectivity index (χ4v) is 1.55. The average Bonchev–Trinajstić information content (AvgIpc) is 2.34. The number of alkyl halides is 3. The molecule has 0 saturated heterocycles. The first-order chi connectivity index (χ1) is 9.24. The molecule has 0 saturated carbocycles. The molecule has 1 aromatic rings. The maximum absolute atomic E-state index is 12.9. The molecule has 0 amide bonds. The maximum atomic E-state index is 12.9. The second-order valence-electron chi connectivity index (χ2n) is 4.54. The summed E-state index contributed by atoms with van der Waals surface area (Å²) in [4.78, 5) is 4.05. The lowest BCUT2D eigenvalue weighted by Crippen LogP contribution is -2.37. The number of nitrogens with zero attached hydrogens (tertiary/aromatic N) is 1. The minimum absolute atomic E-state index is 0.00394. The van der Waals surface area contributed by atoms with E-state index in [4.69, 9.17) is 17.4 Å². The van der Waals surface area contributed by atoms with Crippen LogP contribution < -0.4 is 16.6 Å². The molecule has 4 nitrogen and oxygen atoms in total. The van der Waals surface area contributed by atoms with Crippen LogP contribution in [0.4, 0.5) is 18.9 Å². The number of guanidine groups is 1. The Balaban J connectivity index is 3.04. The molecule has 0 bridgehead atoms. The summed E-state index contributed by atoms with van der Waals surface area (Å²) in [5.41, 5.74) is 1.20. The van der Waals surface area contributed by atoms with E-state index >= 15 is 0 Å². The van der Waals surface area contributed by atoms with Crippen LogP contribution in [0.1, 0.15) is 19.4 Å². The van der Waals surface area contributed by atoms with Crippen molar-refractivity contribution in [1.82, 2.24) is 5.43 Å². The van der Waals surface area contributed by atoms with Gasteiger partial charge in [-0.15, -0.1) is 0 Å². The zero-order chi connectivity index (χ0) is 15.3. The quantitative estimate of drug-likeness (QED) is 0.348. The van der Waals surface area contributed by atoms with Crippen molar-refractivity contribution in [3.05, 3.63) is 28.8 Å². The Morgan fingerprint density at radius 2 is 2.05 bits per heavy atom. The Morgan fingerprint density at radius 1 is 1.40 bits per heavy atom. The standard InChI is InChI=1S/C12H16ClF3N4/c1-7(2)6-18-11(20-17)19-10-4-3-8(13)5-9(10)12(14,15)16/h3-5,7H,6,17H2,1-2H3,(H2,18,19,20). The fourth-order valence-electron chi connectivity index (χ4n) is 1.38. The van der Waals surface area contributed by atoms with E-state index in [9.17, 15) is 13.2 Å². The molecule has 0 spiro atoms. The molecule has 0 aliphatic carbocycles. The zero-order valence-electron chi connectivity index (χ0n) is 11.1. The molecule has 0 aliphatic heterocycles. The van der Waals surface area contributed by atoms with E-state index in [0.717, 1.165) is 6.07 Å². The number of hydrogen-bond donors (Lipinski definition) is 3. The van der Waals surface area contributed by atoms with E-state index in [1.54, 1.807) is 0 Å². The normalized spacial score (nSPS) is 12.7. The molecule has 0 heterocycles. The molecule has 8 heteroatoms. The first-order valence-corrected chi connectivity index (χ1v) is 6.26. The van der Waals surface area contributed by atoms with Crippen LogP contribution in [0.3, 0.4) is 0 Å². The predicted molar refractivity (Wildman–Crippen MR) is 74.5 cm³/mol. The third-order valence-electron chi connectivity index (χ3n) is 2.29. The molecule has 4 N–H and O–H groups in total.